The van der Waals surface area contributed by atoms with E-state index >= 15 is 0 Å². The zero-order chi connectivity index (χ0) is 12.4. The summed E-state index contributed by atoms with van der Waals surface area (Å²) < 4.78 is 26.6. The molecular formula is C12H7F2NO2. The number of nitro benzene ring substituents is 1. The third-order valence-electron chi connectivity index (χ3n) is 2.29. The predicted molar refractivity (Wildman–Crippen MR) is 58.4 cm³/mol. The van der Waals surface area contributed by atoms with Gasteiger partial charge in [-0.2, -0.15) is 0 Å². The molecule has 17 heavy (non-hydrogen) atoms. The monoisotopic (exact) mass is 235 g/mol. The smallest absolute Gasteiger partial charge is 0.258 e. The SMILES string of the molecule is O=[N+]([O-])c1cc(F)cc(F)c1-c1ccccc1. The predicted octanol–water partition coefficient (Wildman–Crippen LogP) is 3.54. The first-order chi connectivity index (χ1) is 8.09. The van der Waals surface area contributed by atoms with Crippen LogP contribution in [-0.2, 0) is 0 Å². The van der Waals surface area contributed by atoms with E-state index in [4.69, 9.17) is 0 Å². The second-order valence-electron chi connectivity index (χ2n) is 3.40. The van der Waals surface area contributed by atoms with Crippen molar-refractivity contribution >= 4 is 5.69 Å². The number of hydrogen-bond donors (Lipinski definition) is 0. The van der Waals surface area contributed by atoms with E-state index in [2.05, 4.69) is 0 Å². The van der Waals surface area contributed by atoms with Gasteiger partial charge in [-0.25, -0.2) is 8.78 Å². The van der Waals surface area contributed by atoms with Crippen molar-refractivity contribution in [2.24, 2.45) is 0 Å². The Morgan fingerprint density at radius 1 is 1.06 bits per heavy atom. The maximum absolute atomic E-state index is 13.6. The quantitative estimate of drug-likeness (QED) is 0.590. The summed E-state index contributed by atoms with van der Waals surface area (Å²) in [5, 5.41) is 10.8. The molecule has 0 aliphatic heterocycles. The largest absolute Gasteiger partial charge is 0.283 e. The van der Waals surface area contributed by atoms with Gasteiger partial charge in [0.15, 0.2) is 0 Å². The van der Waals surface area contributed by atoms with Crippen molar-refractivity contribution in [2.75, 3.05) is 0 Å². The summed E-state index contributed by atoms with van der Waals surface area (Å²) in [7, 11) is 0. The molecule has 5 heteroatoms. The molecule has 0 aliphatic rings. The molecule has 0 N–H and O–H groups in total. The van der Waals surface area contributed by atoms with Crippen LogP contribution in [0.2, 0.25) is 0 Å². The molecule has 0 aromatic heterocycles. The van der Waals surface area contributed by atoms with Gasteiger partial charge in [0, 0.05) is 6.07 Å². The first-order valence-electron chi connectivity index (χ1n) is 4.78. The summed E-state index contributed by atoms with van der Waals surface area (Å²) in [6.45, 7) is 0. The molecule has 3 nitrogen and oxygen atoms in total. The van der Waals surface area contributed by atoms with Gasteiger partial charge in [-0.15, -0.1) is 0 Å². The van der Waals surface area contributed by atoms with Crippen LogP contribution in [0.5, 0.6) is 0 Å². The lowest BCUT2D eigenvalue weighted by Crippen LogP contribution is -1.96. The average molecular weight is 235 g/mol. The Morgan fingerprint density at radius 3 is 2.29 bits per heavy atom. The molecule has 0 saturated carbocycles. The Bertz CT molecular complexity index is 570. The second kappa shape index (κ2) is 4.29. The molecule has 0 spiro atoms. The Morgan fingerprint density at radius 2 is 1.71 bits per heavy atom. The fraction of sp³-hybridized carbons (Fsp3) is 0. The van der Waals surface area contributed by atoms with Crippen molar-refractivity contribution in [3.05, 3.63) is 64.2 Å². The van der Waals surface area contributed by atoms with Crippen LogP contribution in [0.15, 0.2) is 42.5 Å². The molecular weight excluding hydrogens is 228 g/mol. The minimum Gasteiger partial charge on any atom is -0.258 e. The van der Waals surface area contributed by atoms with Crippen LogP contribution in [0.4, 0.5) is 14.5 Å². The molecule has 0 fully saturated rings. The van der Waals surface area contributed by atoms with Crippen molar-refractivity contribution in [2.45, 2.75) is 0 Å². The van der Waals surface area contributed by atoms with Gasteiger partial charge in [0.25, 0.3) is 5.69 Å². The third kappa shape index (κ3) is 2.13. The van der Waals surface area contributed by atoms with E-state index in [1.807, 2.05) is 0 Å². The maximum atomic E-state index is 13.6. The van der Waals surface area contributed by atoms with Crippen molar-refractivity contribution < 1.29 is 13.7 Å². The third-order valence-corrected chi connectivity index (χ3v) is 2.29. The second-order valence-corrected chi connectivity index (χ2v) is 3.40. The van der Waals surface area contributed by atoms with E-state index in [-0.39, 0.29) is 5.56 Å². The standard InChI is InChI=1S/C12H7F2NO2/c13-9-6-10(14)12(11(7-9)15(16)17)8-4-2-1-3-5-8/h1-7H. The van der Waals surface area contributed by atoms with Crippen molar-refractivity contribution in [3.63, 3.8) is 0 Å². The van der Waals surface area contributed by atoms with Gasteiger partial charge in [0.05, 0.1) is 16.6 Å². The first kappa shape index (κ1) is 11.2. The Labute approximate surface area is 95.5 Å². The highest BCUT2D eigenvalue weighted by molar-refractivity contribution is 5.74. The summed E-state index contributed by atoms with van der Waals surface area (Å²) in [5.41, 5.74) is -0.428. The average Bonchev–Trinajstić information content (AvgIpc) is 2.29. The maximum Gasteiger partial charge on any atom is 0.283 e. The zero-order valence-corrected chi connectivity index (χ0v) is 8.56. The number of benzene rings is 2. The molecule has 2 rings (SSSR count). The van der Waals surface area contributed by atoms with E-state index in [1.54, 1.807) is 18.2 Å². The van der Waals surface area contributed by atoms with Crippen molar-refractivity contribution in [1.29, 1.82) is 0 Å². The zero-order valence-electron chi connectivity index (χ0n) is 8.56. The molecule has 86 valence electrons. The van der Waals surface area contributed by atoms with Gasteiger partial charge in [-0.05, 0) is 5.56 Å². The van der Waals surface area contributed by atoms with E-state index < -0.39 is 22.2 Å². The van der Waals surface area contributed by atoms with Crippen molar-refractivity contribution in [3.8, 4) is 11.1 Å². The molecule has 0 radical (unpaired) electrons. The molecule has 0 unspecified atom stereocenters. The van der Waals surface area contributed by atoms with Crippen LogP contribution in [0.3, 0.4) is 0 Å². The van der Waals surface area contributed by atoms with Gasteiger partial charge in [-0.1, -0.05) is 30.3 Å². The Balaban J connectivity index is 2.72. The molecule has 0 amide bonds. The van der Waals surface area contributed by atoms with E-state index in [0.29, 0.717) is 17.7 Å². The summed E-state index contributed by atoms with van der Waals surface area (Å²) in [5.74, 6) is -1.91. The summed E-state index contributed by atoms with van der Waals surface area (Å²) >= 11 is 0. The summed E-state index contributed by atoms with van der Waals surface area (Å²) in [6.07, 6.45) is 0. The number of nitrogens with zero attached hydrogens (tertiary/aromatic N) is 1. The van der Waals surface area contributed by atoms with Gasteiger partial charge >= 0.3 is 0 Å². The number of hydrogen-bond acceptors (Lipinski definition) is 2. The lowest BCUT2D eigenvalue weighted by molar-refractivity contribution is -0.384. The normalized spacial score (nSPS) is 10.2. The molecule has 0 heterocycles. The van der Waals surface area contributed by atoms with Crippen molar-refractivity contribution in [1.82, 2.24) is 0 Å². The number of halogens is 2. The first-order valence-corrected chi connectivity index (χ1v) is 4.78. The Hall–Kier alpha value is -2.30. The van der Waals surface area contributed by atoms with Crippen LogP contribution < -0.4 is 0 Å². The highest BCUT2D eigenvalue weighted by Crippen LogP contribution is 2.32. The fourth-order valence-electron chi connectivity index (χ4n) is 1.59. The highest BCUT2D eigenvalue weighted by atomic mass is 19.1. The van der Waals surface area contributed by atoms with Gasteiger partial charge in [0.2, 0.25) is 0 Å². The van der Waals surface area contributed by atoms with E-state index in [9.17, 15) is 18.9 Å². The molecule has 0 saturated heterocycles. The van der Waals surface area contributed by atoms with Crippen LogP contribution in [-0.4, -0.2) is 4.92 Å². The van der Waals surface area contributed by atoms with E-state index in [0.717, 1.165) is 0 Å². The van der Waals surface area contributed by atoms with Crippen LogP contribution in [0.25, 0.3) is 11.1 Å². The lowest BCUT2D eigenvalue weighted by atomic mass is 10.0. The fourth-order valence-corrected chi connectivity index (χ4v) is 1.59. The summed E-state index contributed by atoms with van der Waals surface area (Å²) in [6, 6.07) is 9.37. The van der Waals surface area contributed by atoms with Crippen LogP contribution in [0.1, 0.15) is 0 Å². The minimum absolute atomic E-state index is 0.197. The van der Waals surface area contributed by atoms with Crippen LogP contribution in [0, 0.1) is 21.7 Å². The number of nitro groups is 1. The van der Waals surface area contributed by atoms with Gasteiger partial charge in [0.1, 0.15) is 11.6 Å². The molecule has 2 aromatic rings. The lowest BCUT2D eigenvalue weighted by Gasteiger charge is -2.04. The molecule has 0 bridgehead atoms. The molecule has 0 aliphatic carbocycles. The van der Waals surface area contributed by atoms with E-state index in [1.165, 1.54) is 12.1 Å². The highest BCUT2D eigenvalue weighted by Gasteiger charge is 2.21. The Kier molecular flexibility index (Phi) is 2.82. The van der Waals surface area contributed by atoms with Gasteiger partial charge in [-0.3, -0.25) is 10.1 Å². The van der Waals surface area contributed by atoms with Crippen LogP contribution >= 0.6 is 0 Å². The molecule has 2 aromatic carbocycles. The minimum atomic E-state index is -0.964. The van der Waals surface area contributed by atoms with Gasteiger partial charge < -0.3 is 0 Å². The number of rotatable bonds is 2. The summed E-state index contributed by atoms with van der Waals surface area (Å²) in [4.78, 5) is 9.97. The molecule has 0 atom stereocenters. The topological polar surface area (TPSA) is 43.1 Å².